The predicted octanol–water partition coefficient (Wildman–Crippen LogP) is 2.55. The SMILES string of the molecule is CCCCCC.CCN. The van der Waals surface area contributed by atoms with Crippen molar-refractivity contribution in [2.24, 2.45) is 5.73 Å². The van der Waals surface area contributed by atoms with Gasteiger partial charge >= 0.3 is 0 Å². The Bertz CT molecular complexity index is 23.7. The largest absolute Gasteiger partial charge is 0.331 e. The molecule has 1 nitrogen and oxygen atoms in total. The maximum absolute atomic E-state index is 4.85. The van der Waals surface area contributed by atoms with E-state index < -0.39 is 0 Å². The zero-order chi connectivity index (χ0) is 7.54. The number of rotatable bonds is 3. The average Bonchev–Trinajstić information content (AvgIpc) is 1.86. The highest BCUT2D eigenvalue weighted by Gasteiger charge is 1.75. The van der Waals surface area contributed by atoms with E-state index in [1.807, 2.05) is 6.92 Å². The van der Waals surface area contributed by atoms with Gasteiger partial charge < -0.3 is 5.73 Å². The molecule has 0 saturated heterocycles. The third-order valence-electron chi connectivity index (χ3n) is 0.957. The molecule has 0 spiro atoms. The molecule has 0 amide bonds. The number of hydrogen-bond acceptors (Lipinski definition) is 1. The Kier molecular flexibility index (Phi) is 20.4. The Morgan fingerprint density at radius 2 is 1.11 bits per heavy atom. The predicted molar refractivity (Wildman–Crippen MR) is 44.5 cm³/mol. The van der Waals surface area contributed by atoms with Gasteiger partial charge in [0.25, 0.3) is 0 Å². The molecule has 0 aliphatic rings. The molecule has 9 heavy (non-hydrogen) atoms. The lowest BCUT2D eigenvalue weighted by Crippen LogP contribution is -1.87. The van der Waals surface area contributed by atoms with Crippen LogP contribution in [0.3, 0.4) is 0 Å². The van der Waals surface area contributed by atoms with Crippen LogP contribution in [0.2, 0.25) is 0 Å². The summed E-state index contributed by atoms with van der Waals surface area (Å²) in [5.41, 5.74) is 4.85. The van der Waals surface area contributed by atoms with Crippen molar-refractivity contribution in [3.8, 4) is 0 Å². The van der Waals surface area contributed by atoms with Crippen LogP contribution in [0.25, 0.3) is 0 Å². The standard InChI is InChI=1S/C6H14.C2H7N/c1-3-5-6-4-2;1-2-3/h3-6H2,1-2H3;2-3H2,1H3. The first-order valence-corrected chi connectivity index (χ1v) is 4.03. The number of hydrogen-bond donors (Lipinski definition) is 1. The molecule has 0 bridgehead atoms. The highest BCUT2D eigenvalue weighted by atomic mass is 14.5. The van der Waals surface area contributed by atoms with Gasteiger partial charge in [0.05, 0.1) is 0 Å². The number of nitrogens with two attached hydrogens (primary N) is 1. The average molecular weight is 131 g/mol. The van der Waals surface area contributed by atoms with Crippen molar-refractivity contribution >= 4 is 0 Å². The van der Waals surface area contributed by atoms with Gasteiger partial charge in [-0.25, -0.2) is 0 Å². The van der Waals surface area contributed by atoms with Gasteiger partial charge in [0.15, 0.2) is 0 Å². The minimum atomic E-state index is 0.750. The van der Waals surface area contributed by atoms with E-state index in [1.54, 1.807) is 0 Å². The highest BCUT2D eigenvalue weighted by Crippen LogP contribution is 1.95. The lowest BCUT2D eigenvalue weighted by Gasteiger charge is -1.86. The molecule has 0 aromatic carbocycles. The fourth-order valence-corrected chi connectivity index (χ4v) is 0.500. The van der Waals surface area contributed by atoms with Crippen molar-refractivity contribution in [3.63, 3.8) is 0 Å². The topological polar surface area (TPSA) is 26.0 Å². The van der Waals surface area contributed by atoms with E-state index in [2.05, 4.69) is 13.8 Å². The van der Waals surface area contributed by atoms with Crippen LogP contribution in [-0.2, 0) is 0 Å². The molecule has 0 unspecified atom stereocenters. The Hall–Kier alpha value is -0.0400. The third-order valence-corrected chi connectivity index (χ3v) is 0.957. The van der Waals surface area contributed by atoms with E-state index >= 15 is 0 Å². The monoisotopic (exact) mass is 131 g/mol. The minimum Gasteiger partial charge on any atom is -0.331 e. The third kappa shape index (κ3) is 32.3. The molecular formula is C8H21N. The van der Waals surface area contributed by atoms with Crippen molar-refractivity contribution in [1.82, 2.24) is 0 Å². The smallest absolute Gasteiger partial charge is 0.0106 e. The van der Waals surface area contributed by atoms with E-state index in [1.165, 1.54) is 25.7 Å². The van der Waals surface area contributed by atoms with Gasteiger partial charge in [-0.15, -0.1) is 0 Å². The summed E-state index contributed by atoms with van der Waals surface area (Å²) < 4.78 is 0. The summed E-state index contributed by atoms with van der Waals surface area (Å²) in [6.07, 6.45) is 5.54. The van der Waals surface area contributed by atoms with Crippen molar-refractivity contribution in [2.75, 3.05) is 6.54 Å². The van der Waals surface area contributed by atoms with E-state index in [4.69, 9.17) is 5.73 Å². The lowest BCUT2D eigenvalue weighted by atomic mass is 10.2. The first kappa shape index (κ1) is 11.7. The lowest BCUT2D eigenvalue weighted by molar-refractivity contribution is 0.702. The first-order valence-electron chi connectivity index (χ1n) is 4.03. The van der Waals surface area contributed by atoms with Crippen LogP contribution in [0.15, 0.2) is 0 Å². The van der Waals surface area contributed by atoms with Crippen LogP contribution in [0.4, 0.5) is 0 Å². The van der Waals surface area contributed by atoms with Crippen molar-refractivity contribution in [1.29, 1.82) is 0 Å². The van der Waals surface area contributed by atoms with Crippen LogP contribution >= 0.6 is 0 Å². The van der Waals surface area contributed by atoms with Crippen LogP contribution < -0.4 is 5.73 Å². The van der Waals surface area contributed by atoms with Gasteiger partial charge in [0, 0.05) is 0 Å². The van der Waals surface area contributed by atoms with Crippen molar-refractivity contribution in [2.45, 2.75) is 46.5 Å². The molecule has 0 saturated carbocycles. The Balaban J connectivity index is 0. The van der Waals surface area contributed by atoms with Crippen LogP contribution in [0.5, 0.6) is 0 Å². The summed E-state index contributed by atoms with van der Waals surface area (Å²) in [6, 6.07) is 0. The highest BCUT2D eigenvalue weighted by molar-refractivity contribution is 4.31. The summed E-state index contributed by atoms with van der Waals surface area (Å²) in [6.45, 7) is 7.12. The maximum atomic E-state index is 4.85. The Morgan fingerprint density at radius 3 is 1.22 bits per heavy atom. The van der Waals surface area contributed by atoms with Gasteiger partial charge in [-0.1, -0.05) is 46.5 Å². The van der Waals surface area contributed by atoms with Gasteiger partial charge in [0.1, 0.15) is 0 Å². The van der Waals surface area contributed by atoms with Gasteiger partial charge in [0.2, 0.25) is 0 Å². The van der Waals surface area contributed by atoms with Gasteiger partial charge in [-0.05, 0) is 6.54 Å². The van der Waals surface area contributed by atoms with E-state index in [-0.39, 0.29) is 0 Å². The summed E-state index contributed by atoms with van der Waals surface area (Å²) in [5.74, 6) is 0. The molecule has 0 radical (unpaired) electrons. The quantitative estimate of drug-likeness (QED) is 0.585. The normalized spacial score (nSPS) is 8.00. The Labute approximate surface area is 59.6 Å². The second-order valence-corrected chi connectivity index (χ2v) is 2.12. The fraction of sp³-hybridized carbons (Fsp3) is 1.00. The molecule has 0 aliphatic heterocycles. The Morgan fingerprint density at radius 1 is 0.889 bits per heavy atom. The minimum absolute atomic E-state index is 0.750. The van der Waals surface area contributed by atoms with Crippen molar-refractivity contribution in [3.05, 3.63) is 0 Å². The van der Waals surface area contributed by atoms with Gasteiger partial charge in [-0.3, -0.25) is 0 Å². The zero-order valence-corrected chi connectivity index (χ0v) is 7.11. The molecule has 0 rings (SSSR count). The molecular weight excluding hydrogens is 110 g/mol. The van der Waals surface area contributed by atoms with Crippen LogP contribution in [-0.4, -0.2) is 6.54 Å². The summed E-state index contributed by atoms with van der Waals surface area (Å²) in [4.78, 5) is 0. The molecule has 0 atom stereocenters. The maximum Gasteiger partial charge on any atom is -0.0106 e. The van der Waals surface area contributed by atoms with Crippen molar-refractivity contribution < 1.29 is 0 Å². The molecule has 2 N–H and O–H groups in total. The second kappa shape index (κ2) is 15.7. The van der Waals surface area contributed by atoms with Gasteiger partial charge in [-0.2, -0.15) is 0 Å². The van der Waals surface area contributed by atoms with E-state index in [0.29, 0.717) is 0 Å². The zero-order valence-electron chi connectivity index (χ0n) is 7.11. The first-order chi connectivity index (χ1) is 4.33. The number of unbranched alkanes of at least 4 members (excludes halogenated alkanes) is 3. The van der Waals surface area contributed by atoms with Crippen LogP contribution in [0, 0.1) is 0 Å². The summed E-state index contributed by atoms with van der Waals surface area (Å²) in [5, 5.41) is 0. The second-order valence-electron chi connectivity index (χ2n) is 2.12. The molecule has 0 heterocycles. The molecule has 0 aromatic rings. The summed E-state index contributed by atoms with van der Waals surface area (Å²) >= 11 is 0. The van der Waals surface area contributed by atoms with E-state index in [0.717, 1.165) is 6.54 Å². The molecule has 0 aromatic heterocycles. The molecule has 1 heteroatoms. The van der Waals surface area contributed by atoms with Crippen LogP contribution in [0.1, 0.15) is 46.5 Å². The van der Waals surface area contributed by atoms with E-state index in [9.17, 15) is 0 Å². The molecule has 0 fully saturated rings. The summed E-state index contributed by atoms with van der Waals surface area (Å²) in [7, 11) is 0. The molecule has 0 aliphatic carbocycles. The molecule has 58 valence electrons. The fourth-order valence-electron chi connectivity index (χ4n) is 0.500.